The summed E-state index contributed by atoms with van der Waals surface area (Å²) in [4.78, 5) is 41.8. The highest BCUT2D eigenvalue weighted by atomic mass is 16.3. The van der Waals surface area contributed by atoms with Gasteiger partial charge in [-0.05, 0) is 31.0 Å². The normalized spacial score (nSPS) is 20.7. The van der Waals surface area contributed by atoms with Gasteiger partial charge >= 0.3 is 6.03 Å². The molecule has 0 bridgehead atoms. The first kappa shape index (κ1) is 21.5. The molecule has 0 radical (unpaired) electrons. The number of nitrogens with zero attached hydrogens (tertiary/aromatic N) is 2. The Morgan fingerprint density at radius 1 is 1.07 bits per heavy atom. The molecule has 7 nitrogen and oxygen atoms in total. The summed E-state index contributed by atoms with van der Waals surface area (Å²) in [6, 6.07) is 15.3. The van der Waals surface area contributed by atoms with Gasteiger partial charge in [0.25, 0.3) is 11.8 Å². The summed E-state index contributed by atoms with van der Waals surface area (Å²) in [7, 11) is 1.64. The molecule has 0 aliphatic carbocycles. The number of carbonyl (C=O) groups is 3. The second-order valence-electron chi connectivity index (χ2n) is 7.49. The van der Waals surface area contributed by atoms with Crippen molar-refractivity contribution in [2.24, 2.45) is 0 Å². The molecule has 0 spiro atoms. The largest absolute Gasteiger partial charge is 0.390 e. The number of amides is 4. The van der Waals surface area contributed by atoms with Gasteiger partial charge in [-0.1, -0.05) is 55.5 Å². The predicted molar refractivity (Wildman–Crippen MR) is 113 cm³/mol. The number of nitrogens with one attached hydrogen (secondary N) is 1. The lowest BCUT2D eigenvalue weighted by Crippen LogP contribution is -2.55. The van der Waals surface area contributed by atoms with Gasteiger partial charge in [0.2, 0.25) is 0 Å². The van der Waals surface area contributed by atoms with E-state index in [0.29, 0.717) is 5.56 Å². The van der Waals surface area contributed by atoms with E-state index < -0.39 is 36.0 Å². The van der Waals surface area contributed by atoms with E-state index in [1.807, 2.05) is 37.3 Å². The first-order chi connectivity index (χ1) is 14.4. The molecule has 158 valence electrons. The van der Waals surface area contributed by atoms with Gasteiger partial charge in [0.15, 0.2) is 0 Å². The molecule has 1 saturated heterocycles. The predicted octanol–water partition coefficient (Wildman–Crippen LogP) is 2.58. The van der Waals surface area contributed by atoms with Crippen LogP contribution in [0.4, 0.5) is 4.79 Å². The summed E-state index contributed by atoms with van der Waals surface area (Å²) in [6.45, 7) is 3.59. The molecule has 2 N–H and O–H groups in total. The fourth-order valence-corrected chi connectivity index (χ4v) is 3.72. The zero-order valence-electron chi connectivity index (χ0n) is 17.4. The van der Waals surface area contributed by atoms with Gasteiger partial charge in [-0.25, -0.2) is 4.79 Å². The van der Waals surface area contributed by atoms with Crippen molar-refractivity contribution in [3.8, 4) is 0 Å². The van der Waals surface area contributed by atoms with Crippen LogP contribution < -0.4 is 5.32 Å². The van der Waals surface area contributed by atoms with E-state index in [-0.39, 0.29) is 12.5 Å². The number of urea groups is 1. The third kappa shape index (κ3) is 4.07. The van der Waals surface area contributed by atoms with Gasteiger partial charge in [-0.15, -0.1) is 0 Å². The lowest BCUT2D eigenvalue weighted by atomic mass is 9.98. The molecule has 3 rings (SSSR count). The Labute approximate surface area is 176 Å². The highest BCUT2D eigenvalue weighted by Gasteiger charge is 2.48. The maximum absolute atomic E-state index is 13.5. The molecule has 1 aliphatic rings. The second kappa shape index (κ2) is 9.09. The Hall–Kier alpha value is -3.19. The van der Waals surface area contributed by atoms with Crippen LogP contribution in [0.3, 0.4) is 0 Å². The minimum atomic E-state index is -1.24. The Morgan fingerprint density at radius 3 is 2.20 bits per heavy atom. The summed E-state index contributed by atoms with van der Waals surface area (Å²) in [6.07, 6.45) is -0.884. The maximum Gasteiger partial charge on any atom is 0.327 e. The van der Waals surface area contributed by atoms with Crippen molar-refractivity contribution in [2.75, 3.05) is 7.05 Å². The lowest BCUT2D eigenvalue weighted by molar-refractivity contribution is -0.134. The molecule has 1 heterocycles. The topological polar surface area (TPSA) is 90.0 Å². The summed E-state index contributed by atoms with van der Waals surface area (Å²) in [5, 5.41) is 13.2. The molecule has 0 saturated carbocycles. The number of aliphatic hydroxyl groups is 1. The fourth-order valence-electron chi connectivity index (χ4n) is 3.72. The monoisotopic (exact) mass is 409 g/mol. The minimum absolute atomic E-state index is 0.245. The van der Waals surface area contributed by atoms with E-state index in [1.165, 1.54) is 4.90 Å². The molecule has 4 amide bonds. The highest BCUT2D eigenvalue weighted by molar-refractivity contribution is 6.03. The summed E-state index contributed by atoms with van der Waals surface area (Å²) in [5.41, 5.74) is 1.19. The fraction of sp³-hybridized carbons (Fsp3) is 0.348. The number of hydrogen-bond acceptors (Lipinski definition) is 4. The molecule has 30 heavy (non-hydrogen) atoms. The summed E-state index contributed by atoms with van der Waals surface area (Å²) >= 11 is 0. The van der Waals surface area contributed by atoms with Crippen molar-refractivity contribution < 1.29 is 19.5 Å². The zero-order valence-corrected chi connectivity index (χ0v) is 17.4. The van der Waals surface area contributed by atoms with E-state index in [1.54, 1.807) is 44.3 Å². The van der Waals surface area contributed by atoms with Gasteiger partial charge in [-0.2, -0.15) is 0 Å². The van der Waals surface area contributed by atoms with Crippen LogP contribution in [-0.4, -0.2) is 58.0 Å². The molecule has 2 aromatic rings. The third-order valence-electron chi connectivity index (χ3n) is 5.62. The van der Waals surface area contributed by atoms with Crippen molar-refractivity contribution in [3.05, 3.63) is 71.8 Å². The van der Waals surface area contributed by atoms with Crippen LogP contribution in [0.25, 0.3) is 0 Å². The van der Waals surface area contributed by atoms with Crippen LogP contribution in [0.5, 0.6) is 0 Å². The van der Waals surface area contributed by atoms with Gasteiger partial charge in [-0.3, -0.25) is 14.5 Å². The van der Waals surface area contributed by atoms with Gasteiger partial charge in [0.05, 0.1) is 18.2 Å². The molecule has 0 aromatic heterocycles. The SMILES string of the molecule is CC[C@H](O)[C@@H](NC(=O)c1ccccc1)C(=O)N1C(=O)N(C)[C@@H](C)[C@H]1c1ccccc1. The smallest absolute Gasteiger partial charge is 0.327 e. The molecule has 4 atom stereocenters. The third-order valence-corrected chi connectivity index (χ3v) is 5.62. The number of carbonyl (C=O) groups excluding carboxylic acids is 3. The Balaban J connectivity index is 1.93. The Kier molecular flexibility index (Phi) is 6.52. The lowest BCUT2D eigenvalue weighted by Gasteiger charge is -2.30. The molecule has 1 fully saturated rings. The number of hydrogen-bond donors (Lipinski definition) is 2. The number of imide groups is 1. The number of likely N-dealkylation sites (N-methyl/N-ethyl adjacent to an activating group) is 1. The van der Waals surface area contributed by atoms with Crippen LogP contribution in [0.1, 0.15) is 42.2 Å². The quantitative estimate of drug-likeness (QED) is 0.767. The van der Waals surface area contributed by atoms with Gasteiger partial charge < -0.3 is 15.3 Å². The summed E-state index contributed by atoms with van der Waals surface area (Å²) in [5.74, 6) is -1.10. The average Bonchev–Trinajstić information content (AvgIpc) is 3.01. The molecular weight excluding hydrogens is 382 g/mol. The average molecular weight is 409 g/mol. The molecule has 7 heteroatoms. The van der Waals surface area contributed by atoms with Crippen molar-refractivity contribution >= 4 is 17.8 Å². The van der Waals surface area contributed by atoms with Gasteiger partial charge in [0, 0.05) is 12.6 Å². The van der Waals surface area contributed by atoms with Crippen molar-refractivity contribution in [3.63, 3.8) is 0 Å². The standard InChI is InChI=1S/C23H27N3O4/c1-4-18(27)19(24-21(28)17-13-9-6-10-14-17)22(29)26-20(15(2)25(3)23(26)30)16-11-7-5-8-12-16/h5-15,18-20,27H,4H2,1-3H3,(H,24,28)/t15-,18-,19+,20-/m0/s1. The summed E-state index contributed by atoms with van der Waals surface area (Å²) < 4.78 is 0. The Morgan fingerprint density at radius 2 is 1.63 bits per heavy atom. The number of rotatable bonds is 6. The van der Waals surface area contributed by atoms with Crippen molar-refractivity contribution in [1.82, 2.24) is 15.1 Å². The van der Waals surface area contributed by atoms with E-state index >= 15 is 0 Å². The number of aliphatic hydroxyl groups excluding tert-OH is 1. The van der Waals surface area contributed by atoms with Crippen molar-refractivity contribution in [2.45, 2.75) is 44.5 Å². The van der Waals surface area contributed by atoms with Crippen LogP contribution in [0.15, 0.2) is 60.7 Å². The van der Waals surface area contributed by atoms with E-state index in [9.17, 15) is 19.5 Å². The number of benzene rings is 2. The van der Waals surface area contributed by atoms with E-state index in [0.717, 1.165) is 10.5 Å². The first-order valence-electron chi connectivity index (χ1n) is 10.1. The molecule has 2 aromatic carbocycles. The van der Waals surface area contributed by atoms with Crippen LogP contribution >= 0.6 is 0 Å². The van der Waals surface area contributed by atoms with Crippen LogP contribution in [0, 0.1) is 0 Å². The second-order valence-corrected chi connectivity index (χ2v) is 7.49. The highest BCUT2D eigenvalue weighted by Crippen LogP contribution is 2.35. The van der Waals surface area contributed by atoms with Crippen molar-refractivity contribution in [1.29, 1.82) is 0 Å². The van der Waals surface area contributed by atoms with E-state index in [4.69, 9.17) is 0 Å². The maximum atomic E-state index is 13.5. The van der Waals surface area contributed by atoms with E-state index in [2.05, 4.69) is 5.32 Å². The molecular formula is C23H27N3O4. The minimum Gasteiger partial charge on any atom is -0.390 e. The van der Waals surface area contributed by atoms with Gasteiger partial charge in [0.1, 0.15) is 6.04 Å². The Bertz CT molecular complexity index is 903. The van der Waals surface area contributed by atoms with Crippen LogP contribution in [-0.2, 0) is 4.79 Å². The van der Waals surface area contributed by atoms with Crippen LogP contribution in [0.2, 0.25) is 0 Å². The molecule has 0 unspecified atom stereocenters. The molecule has 1 aliphatic heterocycles. The zero-order chi connectivity index (χ0) is 21.8. The first-order valence-corrected chi connectivity index (χ1v) is 10.1.